The number of nitrogens with zero attached hydrogens (tertiary/aromatic N) is 4. The van der Waals surface area contributed by atoms with Gasteiger partial charge in [-0.3, -0.25) is 9.69 Å². The van der Waals surface area contributed by atoms with E-state index >= 15 is 0 Å². The SMILES string of the molecule is CC1CC(=O)N2CC(OCCCN3CCN(c4nsc5ccccc45)CC3)c3cccc1c32. The van der Waals surface area contributed by atoms with Crippen LogP contribution in [0.15, 0.2) is 42.5 Å². The zero-order valence-electron chi connectivity index (χ0n) is 19.1. The van der Waals surface area contributed by atoms with Gasteiger partial charge in [0, 0.05) is 56.7 Å². The molecule has 7 heteroatoms. The molecule has 2 atom stereocenters. The molecule has 33 heavy (non-hydrogen) atoms. The van der Waals surface area contributed by atoms with Gasteiger partial charge >= 0.3 is 0 Å². The van der Waals surface area contributed by atoms with Crippen molar-refractivity contribution in [1.82, 2.24) is 9.27 Å². The van der Waals surface area contributed by atoms with Crippen molar-refractivity contribution >= 4 is 39.0 Å². The first kappa shape index (κ1) is 21.1. The number of anilines is 2. The highest BCUT2D eigenvalue weighted by molar-refractivity contribution is 7.13. The van der Waals surface area contributed by atoms with Crippen molar-refractivity contribution in [3.63, 3.8) is 0 Å². The molecule has 3 aliphatic rings. The Labute approximate surface area is 198 Å². The highest BCUT2D eigenvalue weighted by atomic mass is 32.1. The van der Waals surface area contributed by atoms with Gasteiger partial charge in [0.15, 0.2) is 0 Å². The Hall–Kier alpha value is -2.48. The normalized spacial score (nSPS) is 22.9. The molecule has 3 aliphatic heterocycles. The summed E-state index contributed by atoms with van der Waals surface area (Å²) in [7, 11) is 0. The quantitative estimate of drug-likeness (QED) is 0.508. The van der Waals surface area contributed by atoms with Gasteiger partial charge in [-0.15, -0.1) is 0 Å². The fraction of sp³-hybridized carbons (Fsp3) is 0.462. The highest BCUT2D eigenvalue weighted by Gasteiger charge is 2.39. The van der Waals surface area contributed by atoms with Crippen LogP contribution >= 0.6 is 11.5 Å². The summed E-state index contributed by atoms with van der Waals surface area (Å²) < 4.78 is 12.3. The van der Waals surface area contributed by atoms with Crippen LogP contribution in [0.5, 0.6) is 0 Å². The average Bonchev–Trinajstić information content (AvgIpc) is 3.44. The summed E-state index contributed by atoms with van der Waals surface area (Å²) in [5.41, 5.74) is 3.61. The lowest BCUT2D eigenvalue weighted by molar-refractivity contribution is -0.119. The number of aromatic nitrogens is 1. The van der Waals surface area contributed by atoms with Crippen molar-refractivity contribution in [3.05, 3.63) is 53.6 Å². The number of rotatable bonds is 6. The average molecular weight is 463 g/mol. The molecule has 0 radical (unpaired) electrons. The Morgan fingerprint density at radius 2 is 1.88 bits per heavy atom. The second kappa shape index (κ2) is 8.70. The zero-order valence-corrected chi connectivity index (χ0v) is 19.9. The van der Waals surface area contributed by atoms with Gasteiger partial charge in [-0.1, -0.05) is 37.3 Å². The number of ether oxygens (including phenoxy) is 1. The maximum absolute atomic E-state index is 12.6. The summed E-state index contributed by atoms with van der Waals surface area (Å²) >= 11 is 1.59. The van der Waals surface area contributed by atoms with Gasteiger partial charge in [-0.2, -0.15) is 4.37 Å². The number of amides is 1. The van der Waals surface area contributed by atoms with E-state index in [0.717, 1.165) is 57.3 Å². The first-order valence-electron chi connectivity index (χ1n) is 12.1. The lowest BCUT2D eigenvalue weighted by atomic mass is 9.90. The maximum Gasteiger partial charge on any atom is 0.227 e. The van der Waals surface area contributed by atoms with Gasteiger partial charge < -0.3 is 14.5 Å². The van der Waals surface area contributed by atoms with E-state index in [2.05, 4.69) is 59.2 Å². The second-order valence-corrected chi connectivity index (χ2v) is 10.2. The van der Waals surface area contributed by atoms with Crippen LogP contribution < -0.4 is 9.80 Å². The number of benzene rings is 2. The third-order valence-corrected chi connectivity index (χ3v) is 8.16. The molecule has 0 N–H and O–H groups in total. The van der Waals surface area contributed by atoms with E-state index in [-0.39, 0.29) is 12.0 Å². The summed E-state index contributed by atoms with van der Waals surface area (Å²) in [4.78, 5) is 19.5. The van der Waals surface area contributed by atoms with Crippen molar-refractivity contribution in [2.75, 3.05) is 55.7 Å². The summed E-state index contributed by atoms with van der Waals surface area (Å²) in [6, 6.07) is 14.9. The fourth-order valence-electron chi connectivity index (χ4n) is 5.55. The number of fused-ring (bicyclic) bond motifs is 1. The van der Waals surface area contributed by atoms with Crippen molar-refractivity contribution < 1.29 is 9.53 Å². The number of para-hydroxylation sites is 1. The van der Waals surface area contributed by atoms with Crippen molar-refractivity contribution in [2.24, 2.45) is 0 Å². The minimum absolute atomic E-state index is 0.00370. The molecule has 0 bridgehead atoms. The minimum atomic E-state index is 0.00370. The monoisotopic (exact) mass is 462 g/mol. The molecule has 172 valence electrons. The number of piperazine rings is 1. The van der Waals surface area contributed by atoms with Gasteiger partial charge in [-0.25, -0.2) is 0 Å². The van der Waals surface area contributed by atoms with Gasteiger partial charge in [0.1, 0.15) is 11.9 Å². The molecule has 0 spiro atoms. The van der Waals surface area contributed by atoms with Crippen LogP contribution in [-0.4, -0.2) is 61.1 Å². The number of carbonyl (C=O) groups excluding carboxylic acids is 1. The molecule has 2 unspecified atom stereocenters. The molecule has 1 fully saturated rings. The van der Waals surface area contributed by atoms with Crippen LogP contribution in [0, 0.1) is 0 Å². The van der Waals surface area contributed by atoms with E-state index in [1.54, 1.807) is 11.5 Å². The lowest BCUT2D eigenvalue weighted by Gasteiger charge is -2.35. The van der Waals surface area contributed by atoms with Crippen molar-refractivity contribution in [3.8, 4) is 0 Å². The van der Waals surface area contributed by atoms with E-state index in [1.165, 1.54) is 21.2 Å². The Kier molecular flexibility index (Phi) is 5.56. The van der Waals surface area contributed by atoms with Crippen LogP contribution in [-0.2, 0) is 9.53 Å². The third-order valence-electron chi connectivity index (χ3n) is 7.34. The fourth-order valence-corrected chi connectivity index (χ4v) is 6.35. The molecular weight excluding hydrogens is 432 g/mol. The first-order chi connectivity index (χ1) is 16.2. The number of carbonyl (C=O) groups is 1. The maximum atomic E-state index is 12.6. The smallest absolute Gasteiger partial charge is 0.227 e. The predicted octanol–water partition coefficient (Wildman–Crippen LogP) is 4.42. The van der Waals surface area contributed by atoms with E-state index < -0.39 is 0 Å². The van der Waals surface area contributed by atoms with Gasteiger partial charge in [-0.05, 0) is 41.6 Å². The number of hydrogen-bond donors (Lipinski definition) is 0. The standard InChI is InChI=1S/C26H30N4O2S/c1-18-16-24(31)30-17-22(20-8-4-7-19(18)25(20)30)32-15-5-10-28-11-13-29(14-12-28)26-21-6-2-3-9-23(21)33-27-26/h2-4,6-9,18,22H,5,10-17H2,1H3. The third kappa shape index (κ3) is 3.82. The topological polar surface area (TPSA) is 48.9 Å². The Balaban J connectivity index is 1.00. The van der Waals surface area contributed by atoms with Gasteiger partial charge in [0.05, 0.1) is 16.9 Å². The second-order valence-electron chi connectivity index (χ2n) is 9.44. The molecule has 3 aromatic rings. The van der Waals surface area contributed by atoms with Crippen LogP contribution in [0.2, 0.25) is 0 Å². The Morgan fingerprint density at radius 1 is 1.06 bits per heavy atom. The van der Waals surface area contributed by atoms with E-state index in [4.69, 9.17) is 9.11 Å². The molecule has 1 saturated heterocycles. The van der Waals surface area contributed by atoms with Crippen molar-refractivity contribution in [1.29, 1.82) is 0 Å². The zero-order chi connectivity index (χ0) is 22.4. The van der Waals surface area contributed by atoms with Crippen molar-refractivity contribution in [2.45, 2.75) is 31.8 Å². The Morgan fingerprint density at radius 3 is 2.76 bits per heavy atom. The van der Waals surface area contributed by atoms with Crippen LogP contribution in [0.3, 0.4) is 0 Å². The summed E-state index contributed by atoms with van der Waals surface area (Å²) in [6.45, 7) is 8.73. The first-order valence-corrected chi connectivity index (χ1v) is 12.8. The Bertz CT molecular complexity index is 1170. The molecular formula is C26H30N4O2S. The molecule has 0 saturated carbocycles. The highest BCUT2D eigenvalue weighted by Crippen LogP contribution is 2.46. The van der Waals surface area contributed by atoms with Gasteiger partial charge in [0.2, 0.25) is 5.91 Å². The largest absolute Gasteiger partial charge is 0.372 e. The van der Waals surface area contributed by atoms with Crippen LogP contribution in [0.4, 0.5) is 11.5 Å². The summed E-state index contributed by atoms with van der Waals surface area (Å²) in [6.07, 6.45) is 1.62. The molecule has 1 amide bonds. The van der Waals surface area contributed by atoms with E-state index in [1.807, 2.05) is 4.90 Å². The van der Waals surface area contributed by atoms with Crippen LogP contribution in [0.1, 0.15) is 42.9 Å². The van der Waals surface area contributed by atoms with Crippen LogP contribution in [0.25, 0.3) is 10.1 Å². The molecule has 4 heterocycles. The predicted molar refractivity (Wildman–Crippen MR) is 133 cm³/mol. The molecule has 2 aromatic carbocycles. The van der Waals surface area contributed by atoms with E-state index in [9.17, 15) is 4.79 Å². The lowest BCUT2D eigenvalue weighted by Crippen LogP contribution is -2.47. The summed E-state index contributed by atoms with van der Waals surface area (Å²) in [5, 5.41) is 1.27. The minimum Gasteiger partial charge on any atom is -0.372 e. The molecule has 1 aromatic heterocycles. The molecule has 0 aliphatic carbocycles. The number of hydrogen-bond acceptors (Lipinski definition) is 6. The van der Waals surface area contributed by atoms with E-state index in [0.29, 0.717) is 18.9 Å². The van der Waals surface area contributed by atoms with Gasteiger partial charge in [0.25, 0.3) is 0 Å². The molecule has 6 nitrogen and oxygen atoms in total. The summed E-state index contributed by atoms with van der Waals surface area (Å²) in [5.74, 6) is 1.67. The molecule has 6 rings (SSSR count).